The van der Waals surface area contributed by atoms with Gasteiger partial charge >= 0.3 is 18.5 Å². The maximum atomic E-state index is 14.2. The summed E-state index contributed by atoms with van der Waals surface area (Å²) in [6.45, 7) is 14.4. The lowest BCUT2D eigenvalue weighted by Gasteiger charge is -2.46. The van der Waals surface area contributed by atoms with Crippen molar-refractivity contribution in [2.45, 2.75) is 176 Å². The van der Waals surface area contributed by atoms with Gasteiger partial charge in [0, 0.05) is 158 Å². The van der Waals surface area contributed by atoms with E-state index >= 15 is 0 Å². The zero-order chi connectivity index (χ0) is 107. The molecular weight excluding hydrogens is 2020 g/mol. The van der Waals surface area contributed by atoms with Crippen molar-refractivity contribution in [3.05, 3.63) is 247 Å². The topological polar surface area (TPSA) is 331 Å². The van der Waals surface area contributed by atoms with Gasteiger partial charge in [-0.3, -0.25) is 33.6 Å². The van der Waals surface area contributed by atoms with Crippen LogP contribution in [-0.4, -0.2) is 232 Å². The second kappa shape index (κ2) is 48.6. The van der Waals surface area contributed by atoms with Gasteiger partial charge in [0.05, 0.1) is 53.3 Å². The highest BCUT2D eigenvalue weighted by Gasteiger charge is 2.65. The molecule has 0 aromatic heterocycles. The van der Waals surface area contributed by atoms with Crippen LogP contribution < -0.4 is 41.5 Å². The number of nitrogens with zero attached hydrogens (tertiary/aromatic N) is 9. The van der Waals surface area contributed by atoms with E-state index in [9.17, 15) is 96.8 Å². The monoisotopic (exact) mass is 2140 g/mol. The minimum Gasteiger partial charge on any atom is -0.491 e. The maximum Gasteiger partial charge on any atom is 0.430 e. The van der Waals surface area contributed by atoms with Crippen LogP contribution in [-0.2, 0) is 47.6 Å². The van der Waals surface area contributed by atoms with Crippen molar-refractivity contribution < 1.29 is 102 Å². The number of aliphatic hydroxyl groups is 3. The van der Waals surface area contributed by atoms with Crippen molar-refractivity contribution in [1.29, 1.82) is 0 Å². The molecule has 25 nitrogen and oxygen atoms in total. The van der Waals surface area contributed by atoms with Gasteiger partial charge in [0.1, 0.15) is 5.75 Å². The lowest BCUT2D eigenvalue weighted by Crippen LogP contribution is -2.57. The highest BCUT2D eigenvalue weighted by Crippen LogP contribution is 2.48. The summed E-state index contributed by atoms with van der Waals surface area (Å²) in [5, 5.41) is 33.8. The predicted octanol–water partition coefficient (Wildman–Crippen LogP) is 18.7. The van der Waals surface area contributed by atoms with Crippen LogP contribution in [0.2, 0.25) is 20.1 Å². The smallest absolute Gasteiger partial charge is 0.430 e. The van der Waals surface area contributed by atoms with Gasteiger partial charge in [-0.2, -0.15) is 43.8 Å². The minimum absolute atomic E-state index is 0.104. The number of halogens is 13. The van der Waals surface area contributed by atoms with E-state index < -0.39 is 97.5 Å². The van der Waals surface area contributed by atoms with Crippen LogP contribution in [0.5, 0.6) is 5.75 Å². The van der Waals surface area contributed by atoms with Gasteiger partial charge in [0.15, 0.2) is 0 Å². The number of anilines is 4. The minimum atomic E-state index is -5.20. The van der Waals surface area contributed by atoms with Crippen molar-refractivity contribution >= 4 is 121 Å². The average molecular weight is 2150 g/mol. The molecule has 7 amide bonds. The molecule has 0 saturated carbocycles. The van der Waals surface area contributed by atoms with E-state index in [1.165, 1.54) is 58.3 Å². The van der Waals surface area contributed by atoms with E-state index in [1.807, 2.05) is 36.4 Å². The van der Waals surface area contributed by atoms with Crippen LogP contribution in [0.3, 0.4) is 0 Å². The lowest BCUT2D eigenvalue weighted by atomic mass is 9.82. The van der Waals surface area contributed by atoms with Gasteiger partial charge in [0.2, 0.25) is 27.7 Å². The Balaban J connectivity index is 0.000000165. The van der Waals surface area contributed by atoms with Crippen LogP contribution in [0.25, 0.3) is 0 Å². The molecule has 8 aliphatic heterocycles. The first kappa shape index (κ1) is 114. The molecule has 0 aliphatic carbocycles. The fraction of sp³-hybridized carbons (Fsp3) is 0.491. The molecule has 8 saturated heterocycles. The molecule has 8 aromatic carbocycles. The van der Waals surface area contributed by atoms with Crippen molar-refractivity contribution in [1.82, 2.24) is 23.9 Å². The van der Waals surface area contributed by atoms with Crippen molar-refractivity contribution in [3.63, 3.8) is 0 Å². The second-order valence-electron chi connectivity index (χ2n) is 40.4. The number of nitrogens with two attached hydrogens (primary N) is 3. The van der Waals surface area contributed by atoms with E-state index in [0.717, 1.165) is 173 Å². The Bertz CT molecular complexity index is 6030. The van der Waals surface area contributed by atoms with Crippen LogP contribution >= 0.6 is 46.4 Å². The number of rotatable bonds is 27. The quantitative estimate of drug-likeness (QED) is 0.0261. The normalized spacial score (nSPS) is 18.9. The Morgan fingerprint density at radius 1 is 0.374 bits per heavy atom. The summed E-state index contributed by atoms with van der Waals surface area (Å²) < 4.78 is 159. The van der Waals surface area contributed by atoms with E-state index in [1.54, 1.807) is 112 Å². The number of piperidine rings is 6. The summed E-state index contributed by atoms with van der Waals surface area (Å²) in [7, 11) is 0.0570. The molecular formula is C108H129Cl4F9N12O13S. The van der Waals surface area contributed by atoms with Gasteiger partial charge < -0.3 is 76.5 Å². The molecule has 796 valence electrons. The van der Waals surface area contributed by atoms with Gasteiger partial charge in [-0.1, -0.05) is 138 Å². The van der Waals surface area contributed by atoms with Crippen molar-refractivity contribution in [2.75, 3.05) is 138 Å². The zero-order valence-electron chi connectivity index (χ0n) is 82.9. The number of amides is 7. The molecule has 0 spiro atoms. The number of alkyl halides is 9. The molecule has 16 rings (SSSR count). The average Bonchev–Trinajstić information content (AvgIpc) is 0.758. The highest BCUT2D eigenvalue weighted by molar-refractivity contribution is 7.89. The first-order valence-corrected chi connectivity index (χ1v) is 53.0. The lowest BCUT2D eigenvalue weighted by molar-refractivity contribution is -0.263. The fourth-order valence-electron chi connectivity index (χ4n) is 21.3. The Kier molecular flexibility index (Phi) is 37.5. The van der Waals surface area contributed by atoms with Gasteiger partial charge in [0.25, 0.3) is 40.4 Å². The molecule has 147 heavy (non-hydrogen) atoms. The van der Waals surface area contributed by atoms with Crippen LogP contribution in [0, 0.1) is 47.3 Å². The molecule has 9 N–H and O–H groups in total. The SMILES string of the molecule is CC(C)Oc1cccc([C@@](O)(C(=O)N2CCC(CC3CCN(c4ccc(C(N)=O)c(Cl)c4)CC3)CC2)C(F)(F)F)c1.CCc1cccc([C@@](O)(C(=O)N2CCC(CC3CCN(c4ccc(C(N)=O)c(Cl)c4)CC3)CC2)C(F)(F)F)c1.CN(C)C(=O)c1ccc(N2CC(CC3CN(S(=O)(=O)c4ccccc4)C3)C2)cc1Cl.NC(=O)c1ccc(N2CCC(CC3CCN(C(=O)[C@](O)(c4ccccc4)C(F)(F)F)CC3)CC2)cc1Cl. The Morgan fingerprint density at radius 2 is 0.667 bits per heavy atom. The molecule has 0 unspecified atom stereocenters. The third-order valence-electron chi connectivity index (χ3n) is 29.9. The molecule has 8 aliphatic rings. The molecule has 0 bridgehead atoms. The number of carbonyl (C=O) groups excluding carboxylic acids is 7. The van der Waals surface area contributed by atoms with Crippen LogP contribution in [0.15, 0.2) is 187 Å². The number of hydrogen-bond donors (Lipinski definition) is 6. The molecule has 39 heteroatoms. The molecule has 0 radical (unpaired) electrons. The molecule has 8 aromatic rings. The first-order chi connectivity index (χ1) is 69.5. The maximum absolute atomic E-state index is 14.2. The van der Waals surface area contributed by atoms with E-state index in [4.69, 9.17) is 68.3 Å². The molecule has 8 heterocycles. The van der Waals surface area contributed by atoms with Gasteiger partial charge in [-0.25, -0.2) is 8.42 Å². The van der Waals surface area contributed by atoms with Crippen molar-refractivity contribution in [2.24, 2.45) is 64.5 Å². The predicted molar refractivity (Wildman–Crippen MR) is 549 cm³/mol. The number of primary amides is 3. The summed E-state index contributed by atoms with van der Waals surface area (Å²) in [6.07, 6.45) is -1.96. The largest absolute Gasteiger partial charge is 0.491 e. The zero-order valence-corrected chi connectivity index (χ0v) is 86.7. The molecule has 3 atom stereocenters. The van der Waals surface area contributed by atoms with E-state index in [2.05, 4.69) is 19.6 Å². The number of hydrogen-bond acceptors (Lipinski definition) is 17. The van der Waals surface area contributed by atoms with E-state index in [-0.39, 0.29) is 62.6 Å². The summed E-state index contributed by atoms with van der Waals surface area (Å²) in [5.74, 6) is -2.25. The van der Waals surface area contributed by atoms with Crippen LogP contribution in [0.4, 0.5) is 62.3 Å². The van der Waals surface area contributed by atoms with Crippen LogP contribution in [0.1, 0.15) is 187 Å². The number of aryl methyl sites for hydroxylation is 1. The number of benzene rings is 8. The third kappa shape index (κ3) is 27.0. The fourth-order valence-corrected chi connectivity index (χ4v) is 24.0. The highest BCUT2D eigenvalue weighted by atomic mass is 35.5. The Hall–Kier alpha value is -10.6. The first-order valence-electron chi connectivity index (χ1n) is 50.0. The van der Waals surface area contributed by atoms with Gasteiger partial charge in [-0.15, -0.1) is 0 Å². The number of carbonyl (C=O) groups is 7. The summed E-state index contributed by atoms with van der Waals surface area (Å²) >= 11 is 24.9. The Morgan fingerprint density at radius 3 is 0.986 bits per heavy atom. The standard InChI is InChI=1S/C30H37ClF3N3O4.C29H35ClF3N3O3.C27H31ClF3N3O3.C22H26ClN3O3S/c1-19(2)41-24-5-3-4-22(17-24)29(40,30(32,33)34)28(39)37-14-10-21(11-15-37)16-20-8-12-36(13-9-20)23-6-7-25(27(35)38)26(31)18-23;1-2-19-4-3-5-22(17-19)28(39,29(31,32)33)27(38)36-14-10-21(11-15-36)16-20-8-12-35(13-9-20)23-6-7-24(26(34)37)25(30)18-23;28-23-17-21(6-7-22(23)24(32)35)33-12-8-18(9-13-33)16-19-10-14-34(15-11-19)25(36)26(37,27(29,30)31)20-4-2-1-3-5-20;1-24(2)22(27)20-9-8-18(11-21(20)23)25-12-16(13-25)10-17-14-26(15-17)30(28,29)19-6-4-3-5-7-19/h3-7,17-21,40H,8-16H2,1-2H3,(H2,35,38);3-7,17-18,20-21,39H,2,8-16H2,1H3,(H2,34,37);1-7,17-19,37H,8-16H2,(H2,32,35);3-9,11,16-17H,10,12-15H2,1-2H3/t29-;28-;26-;/m111./s1. The van der Waals surface area contributed by atoms with E-state index in [0.29, 0.717) is 153 Å². The number of sulfonamides is 1. The number of ether oxygens (including phenoxy) is 1. The molecule has 8 fully saturated rings. The summed E-state index contributed by atoms with van der Waals surface area (Å²) in [4.78, 5) is 99.9. The summed E-state index contributed by atoms with van der Waals surface area (Å²) in [6, 6.07) is 47.1. The number of likely N-dealkylation sites (tertiary alicyclic amines) is 3. The van der Waals surface area contributed by atoms with Crippen molar-refractivity contribution in [3.8, 4) is 5.75 Å². The second-order valence-corrected chi connectivity index (χ2v) is 44.0. The Labute approximate surface area is 872 Å². The summed E-state index contributed by atoms with van der Waals surface area (Å²) in [5.41, 5.74) is 9.63. The van der Waals surface area contributed by atoms with Gasteiger partial charge in [-0.05, 0) is 273 Å². The third-order valence-corrected chi connectivity index (χ3v) is 33.0.